The van der Waals surface area contributed by atoms with Crippen LogP contribution < -0.4 is 4.90 Å². The van der Waals surface area contributed by atoms with Crippen LogP contribution in [0.25, 0.3) is 0 Å². The molecule has 0 amide bonds. The molecule has 2 nitrogen and oxygen atoms in total. The highest BCUT2D eigenvalue weighted by Gasteiger charge is 2.05. The molecule has 1 rings (SSSR count). The molecule has 1 aromatic rings. The molecule has 0 aliphatic rings. The van der Waals surface area contributed by atoms with Gasteiger partial charge in [-0.1, -0.05) is 0 Å². The van der Waals surface area contributed by atoms with Crippen molar-refractivity contribution in [2.24, 2.45) is 0 Å². The van der Waals surface area contributed by atoms with Gasteiger partial charge in [0.2, 0.25) is 5.95 Å². The van der Waals surface area contributed by atoms with Crippen molar-refractivity contribution >= 4 is 5.82 Å². The highest BCUT2D eigenvalue weighted by atomic mass is 19.1. The molecule has 0 N–H and O–H groups in total. The van der Waals surface area contributed by atoms with Crippen LogP contribution in [-0.2, 0) is 0 Å². The number of pyridine rings is 1. The van der Waals surface area contributed by atoms with Crippen molar-refractivity contribution in [1.82, 2.24) is 4.98 Å². The molecule has 60 valence electrons. The first-order chi connectivity index (χ1) is 5.11. The maximum Gasteiger partial charge on any atom is 0.214 e. The van der Waals surface area contributed by atoms with E-state index in [4.69, 9.17) is 0 Å². The molecular weight excluding hydrogens is 150 g/mol. The van der Waals surface area contributed by atoms with Gasteiger partial charge in [-0.3, -0.25) is 0 Å². The maximum absolute atomic E-state index is 12.7. The molecule has 0 radical (unpaired) electrons. The van der Waals surface area contributed by atoms with E-state index >= 15 is 0 Å². The number of halogens is 2. The highest BCUT2D eigenvalue weighted by molar-refractivity contribution is 5.37. The van der Waals surface area contributed by atoms with Crippen LogP contribution in [0.3, 0.4) is 0 Å². The summed E-state index contributed by atoms with van der Waals surface area (Å²) in [5.74, 6) is -1.17. The minimum atomic E-state index is -0.671. The maximum atomic E-state index is 12.7. The summed E-state index contributed by atoms with van der Waals surface area (Å²) in [6.45, 7) is 0. The average molecular weight is 158 g/mol. The van der Waals surface area contributed by atoms with Crippen LogP contribution in [0.1, 0.15) is 0 Å². The van der Waals surface area contributed by atoms with E-state index in [1.165, 1.54) is 4.90 Å². The molecule has 1 aromatic heterocycles. The quantitative estimate of drug-likeness (QED) is 0.575. The Morgan fingerprint density at radius 1 is 1.27 bits per heavy atom. The second-order valence-corrected chi connectivity index (χ2v) is 2.33. The topological polar surface area (TPSA) is 16.1 Å². The van der Waals surface area contributed by atoms with Crippen molar-refractivity contribution in [2.75, 3.05) is 19.0 Å². The number of nitrogens with zero attached hydrogens (tertiary/aromatic N) is 2. The van der Waals surface area contributed by atoms with E-state index in [1.807, 2.05) is 0 Å². The van der Waals surface area contributed by atoms with Gasteiger partial charge < -0.3 is 4.90 Å². The summed E-state index contributed by atoms with van der Waals surface area (Å²) in [5.41, 5.74) is 0. The fourth-order valence-corrected chi connectivity index (χ4v) is 0.722. The van der Waals surface area contributed by atoms with Crippen molar-refractivity contribution < 1.29 is 8.78 Å². The average Bonchev–Trinajstić information content (AvgIpc) is 1.94. The lowest BCUT2D eigenvalue weighted by atomic mass is 10.4. The number of anilines is 1. The van der Waals surface area contributed by atoms with Crippen LogP contribution >= 0.6 is 0 Å². The molecule has 0 saturated heterocycles. The summed E-state index contributed by atoms with van der Waals surface area (Å²) in [7, 11) is 3.20. The molecule has 0 aromatic carbocycles. The van der Waals surface area contributed by atoms with Crippen LogP contribution in [0.2, 0.25) is 0 Å². The third-order valence-corrected chi connectivity index (χ3v) is 1.22. The fraction of sp³-hybridized carbons (Fsp3) is 0.286. The number of hydrogen-bond donors (Lipinski definition) is 0. The molecule has 0 bridgehead atoms. The van der Waals surface area contributed by atoms with Gasteiger partial charge in [0.25, 0.3) is 0 Å². The Hall–Kier alpha value is -1.19. The zero-order valence-electron chi connectivity index (χ0n) is 6.31. The molecule has 0 saturated carbocycles. The number of aromatic nitrogens is 1. The van der Waals surface area contributed by atoms with Crippen molar-refractivity contribution in [3.8, 4) is 0 Å². The van der Waals surface area contributed by atoms with E-state index in [0.29, 0.717) is 0 Å². The first-order valence-corrected chi connectivity index (χ1v) is 3.10. The third kappa shape index (κ3) is 1.63. The van der Waals surface area contributed by atoms with E-state index in [2.05, 4.69) is 4.98 Å². The van der Waals surface area contributed by atoms with Crippen molar-refractivity contribution in [3.05, 3.63) is 23.9 Å². The summed E-state index contributed by atoms with van der Waals surface area (Å²) in [6, 6.07) is 2.04. The number of rotatable bonds is 1. The second kappa shape index (κ2) is 2.82. The monoisotopic (exact) mass is 158 g/mol. The summed E-state index contributed by atoms with van der Waals surface area (Å²) in [5, 5.41) is 0. The van der Waals surface area contributed by atoms with Crippen LogP contribution in [0, 0.1) is 11.8 Å². The van der Waals surface area contributed by atoms with Gasteiger partial charge in [0.1, 0.15) is 0 Å². The fourth-order valence-electron chi connectivity index (χ4n) is 0.722. The van der Waals surface area contributed by atoms with Gasteiger partial charge >= 0.3 is 0 Å². The van der Waals surface area contributed by atoms with E-state index in [0.717, 1.165) is 12.1 Å². The van der Waals surface area contributed by atoms with E-state index in [1.54, 1.807) is 14.1 Å². The first kappa shape index (κ1) is 7.91. The van der Waals surface area contributed by atoms with Gasteiger partial charge in [0.15, 0.2) is 11.6 Å². The summed E-state index contributed by atoms with van der Waals surface area (Å²) >= 11 is 0. The Morgan fingerprint density at radius 3 is 2.36 bits per heavy atom. The predicted molar refractivity (Wildman–Crippen MR) is 38.5 cm³/mol. The Labute approximate surface area is 63.5 Å². The summed E-state index contributed by atoms with van der Waals surface area (Å²) < 4.78 is 25.2. The molecule has 0 unspecified atom stereocenters. The van der Waals surface area contributed by atoms with Crippen LogP contribution in [-0.4, -0.2) is 19.1 Å². The lowest BCUT2D eigenvalue weighted by Crippen LogP contribution is -2.13. The van der Waals surface area contributed by atoms with Gasteiger partial charge in [-0.15, -0.1) is 0 Å². The molecule has 0 aliphatic carbocycles. The smallest absolute Gasteiger partial charge is 0.214 e. The third-order valence-electron chi connectivity index (χ3n) is 1.22. The van der Waals surface area contributed by atoms with Gasteiger partial charge in [0, 0.05) is 14.1 Å². The molecule has 11 heavy (non-hydrogen) atoms. The van der Waals surface area contributed by atoms with Gasteiger partial charge in [-0.25, -0.2) is 4.39 Å². The second-order valence-electron chi connectivity index (χ2n) is 2.33. The lowest BCUT2D eigenvalue weighted by Gasteiger charge is -2.10. The minimum Gasteiger partial charge on any atom is -0.360 e. The van der Waals surface area contributed by atoms with Crippen LogP contribution in [0.15, 0.2) is 12.1 Å². The Kier molecular flexibility index (Phi) is 2.03. The zero-order chi connectivity index (χ0) is 8.43. The lowest BCUT2D eigenvalue weighted by molar-refractivity contribution is 0.559. The highest BCUT2D eigenvalue weighted by Crippen LogP contribution is 2.12. The molecular formula is C7H8F2N2. The molecule has 0 aliphatic heterocycles. The Morgan fingerprint density at radius 2 is 1.91 bits per heavy atom. The van der Waals surface area contributed by atoms with Crippen molar-refractivity contribution in [2.45, 2.75) is 0 Å². The minimum absolute atomic E-state index is 0.0185. The number of hydrogen-bond acceptors (Lipinski definition) is 2. The molecule has 4 heteroatoms. The zero-order valence-corrected chi connectivity index (χ0v) is 6.31. The molecule has 0 atom stereocenters. The van der Waals surface area contributed by atoms with E-state index in [9.17, 15) is 8.78 Å². The summed E-state index contributed by atoms with van der Waals surface area (Å²) in [4.78, 5) is 4.77. The normalized spacial score (nSPS) is 9.82. The van der Waals surface area contributed by atoms with Crippen molar-refractivity contribution in [3.63, 3.8) is 0 Å². The van der Waals surface area contributed by atoms with Gasteiger partial charge in [-0.05, 0) is 12.1 Å². The Bertz CT molecular complexity index is 261. The SMILES string of the molecule is CN(C)c1nc(F)ccc1F. The predicted octanol–water partition coefficient (Wildman–Crippen LogP) is 1.43. The van der Waals surface area contributed by atoms with Gasteiger partial charge in [-0.2, -0.15) is 9.37 Å². The molecule has 0 spiro atoms. The molecule has 1 heterocycles. The van der Waals surface area contributed by atoms with E-state index in [-0.39, 0.29) is 5.82 Å². The Balaban J connectivity index is 3.13. The van der Waals surface area contributed by atoms with Gasteiger partial charge in [0.05, 0.1) is 0 Å². The first-order valence-electron chi connectivity index (χ1n) is 3.10. The van der Waals surface area contributed by atoms with Crippen LogP contribution in [0.5, 0.6) is 0 Å². The van der Waals surface area contributed by atoms with Crippen molar-refractivity contribution in [1.29, 1.82) is 0 Å². The van der Waals surface area contributed by atoms with E-state index < -0.39 is 11.8 Å². The van der Waals surface area contributed by atoms with Crippen LogP contribution in [0.4, 0.5) is 14.6 Å². The summed E-state index contributed by atoms with van der Waals surface area (Å²) in [6.07, 6.45) is 0. The molecule has 0 fully saturated rings. The largest absolute Gasteiger partial charge is 0.360 e. The standard InChI is InChI=1S/C7H8F2N2/c1-11(2)7-5(8)3-4-6(9)10-7/h3-4H,1-2H3.